The van der Waals surface area contributed by atoms with Crippen molar-refractivity contribution in [1.82, 2.24) is 10.6 Å². The number of hydrogen-bond donors (Lipinski definition) is 3. The minimum absolute atomic E-state index is 0. The summed E-state index contributed by atoms with van der Waals surface area (Å²) in [6.45, 7) is 8.59. The fourth-order valence-electron chi connectivity index (χ4n) is 2.41. The van der Waals surface area contributed by atoms with Crippen LogP contribution in [0.4, 0.5) is 5.69 Å². The summed E-state index contributed by atoms with van der Waals surface area (Å²) in [4.78, 5) is 16.5. The summed E-state index contributed by atoms with van der Waals surface area (Å²) in [5.41, 5.74) is 1.92. The lowest BCUT2D eigenvalue weighted by Gasteiger charge is -2.11. The highest BCUT2D eigenvalue weighted by Gasteiger charge is 2.21. The lowest BCUT2D eigenvalue weighted by atomic mass is 10.1. The molecule has 1 aromatic carbocycles. The summed E-state index contributed by atoms with van der Waals surface area (Å²) >= 11 is 0. The quantitative estimate of drug-likeness (QED) is 0.316. The Morgan fingerprint density at radius 2 is 2.04 bits per heavy atom. The Morgan fingerprint density at radius 3 is 2.68 bits per heavy atom. The SMILES string of the molecule is CCNC(=NCc1cccc(NC(=O)CC(C)C)c1)NCC1CC1.I. The fraction of sp³-hybridized carbons (Fsp3) is 0.579. The molecule has 0 radical (unpaired) electrons. The van der Waals surface area contributed by atoms with Gasteiger partial charge in [-0.05, 0) is 49.3 Å². The fourth-order valence-corrected chi connectivity index (χ4v) is 2.41. The van der Waals surface area contributed by atoms with Gasteiger partial charge in [-0.1, -0.05) is 26.0 Å². The van der Waals surface area contributed by atoms with Crippen LogP contribution in [0.3, 0.4) is 0 Å². The van der Waals surface area contributed by atoms with E-state index >= 15 is 0 Å². The van der Waals surface area contributed by atoms with Gasteiger partial charge in [-0.25, -0.2) is 4.99 Å². The van der Waals surface area contributed by atoms with Gasteiger partial charge in [0.15, 0.2) is 5.96 Å². The molecule has 1 saturated carbocycles. The average molecular weight is 458 g/mol. The van der Waals surface area contributed by atoms with E-state index in [1.807, 2.05) is 38.1 Å². The largest absolute Gasteiger partial charge is 0.357 e. The molecule has 0 aromatic heterocycles. The lowest BCUT2D eigenvalue weighted by Crippen LogP contribution is -2.38. The summed E-state index contributed by atoms with van der Waals surface area (Å²) in [7, 11) is 0. The van der Waals surface area contributed by atoms with Gasteiger partial charge in [0, 0.05) is 25.2 Å². The number of carbonyl (C=O) groups excluding carboxylic acids is 1. The van der Waals surface area contributed by atoms with E-state index < -0.39 is 0 Å². The van der Waals surface area contributed by atoms with Gasteiger partial charge < -0.3 is 16.0 Å². The molecule has 140 valence electrons. The standard InChI is InChI=1S/C19H30N4O.HI/c1-4-20-19(21-12-15-8-9-15)22-13-16-6-5-7-17(11-16)23-18(24)10-14(2)3;/h5-7,11,14-15H,4,8-10,12-13H2,1-3H3,(H,23,24)(H2,20,21,22);1H. The van der Waals surface area contributed by atoms with Crippen LogP contribution in [-0.2, 0) is 11.3 Å². The van der Waals surface area contributed by atoms with Gasteiger partial charge in [-0.15, -0.1) is 24.0 Å². The summed E-state index contributed by atoms with van der Waals surface area (Å²) < 4.78 is 0. The van der Waals surface area contributed by atoms with E-state index in [1.165, 1.54) is 12.8 Å². The van der Waals surface area contributed by atoms with Crippen molar-refractivity contribution in [3.8, 4) is 0 Å². The van der Waals surface area contributed by atoms with Gasteiger partial charge >= 0.3 is 0 Å². The van der Waals surface area contributed by atoms with Gasteiger partial charge in [0.1, 0.15) is 0 Å². The normalized spacial score (nSPS) is 14.0. The Morgan fingerprint density at radius 1 is 1.28 bits per heavy atom. The molecule has 0 bridgehead atoms. The van der Waals surface area contributed by atoms with Gasteiger partial charge in [0.25, 0.3) is 0 Å². The van der Waals surface area contributed by atoms with Crippen molar-refractivity contribution in [2.45, 2.75) is 46.6 Å². The molecule has 1 aliphatic rings. The zero-order valence-corrected chi connectivity index (χ0v) is 17.8. The molecule has 2 rings (SSSR count). The zero-order chi connectivity index (χ0) is 17.4. The number of aliphatic imine (C=N–C) groups is 1. The van der Waals surface area contributed by atoms with Crippen molar-refractivity contribution >= 4 is 41.5 Å². The van der Waals surface area contributed by atoms with Crippen molar-refractivity contribution in [1.29, 1.82) is 0 Å². The van der Waals surface area contributed by atoms with Gasteiger partial charge in [0.05, 0.1) is 6.54 Å². The number of benzene rings is 1. The third-order valence-electron chi connectivity index (χ3n) is 3.82. The maximum absolute atomic E-state index is 11.9. The predicted octanol–water partition coefficient (Wildman–Crippen LogP) is 3.75. The first-order chi connectivity index (χ1) is 11.6. The highest BCUT2D eigenvalue weighted by molar-refractivity contribution is 14.0. The Bertz CT molecular complexity index is 570. The third kappa shape index (κ3) is 9.09. The van der Waals surface area contributed by atoms with E-state index in [9.17, 15) is 4.79 Å². The first kappa shape index (κ1) is 21.7. The highest BCUT2D eigenvalue weighted by atomic mass is 127. The van der Waals surface area contributed by atoms with Crippen molar-refractivity contribution in [2.75, 3.05) is 18.4 Å². The number of amides is 1. The molecule has 25 heavy (non-hydrogen) atoms. The third-order valence-corrected chi connectivity index (χ3v) is 3.82. The molecule has 0 heterocycles. The first-order valence-electron chi connectivity index (χ1n) is 8.97. The van der Waals surface area contributed by atoms with Crippen molar-refractivity contribution < 1.29 is 4.79 Å². The molecular formula is C19H31IN4O. The predicted molar refractivity (Wildman–Crippen MR) is 115 cm³/mol. The molecule has 3 N–H and O–H groups in total. The number of nitrogens with zero attached hydrogens (tertiary/aromatic N) is 1. The zero-order valence-electron chi connectivity index (χ0n) is 15.5. The molecule has 1 fully saturated rings. The number of hydrogen-bond acceptors (Lipinski definition) is 2. The van der Waals surface area contributed by atoms with Crippen LogP contribution in [0.15, 0.2) is 29.3 Å². The number of guanidine groups is 1. The van der Waals surface area contributed by atoms with E-state index in [1.54, 1.807) is 0 Å². The van der Waals surface area contributed by atoms with E-state index in [0.29, 0.717) is 18.9 Å². The summed E-state index contributed by atoms with van der Waals surface area (Å²) in [5.74, 6) is 2.09. The monoisotopic (exact) mass is 458 g/mol. The van der Waals surface area contributed by atoms with Crippen LogP contribution in [0.1, 0.15) is 45.6 Å². The number of carbonyl (C=O) groups is 1. The smallest absolute Gasteiger partial charge is 0.224 e. The summed E-state index contributed by atoms with van der Waals surface area (Å²) in [6.07, 6.45) is 3.19. The topological polar surface area (TPSA) is 65.5 Å². The lowest BCUT2D eigenvalue weighted by molar-refractivity contribution is -0.116. The van der Waals surface area contributed by atoms with Crippen LogP contribution < -0.4 is 16.0 Å². The number of halogens is 1. The molecule has 0 spiro atoms. The second-order valence-corrected chi connectivity index (χ2v) is 6.87. The Balaban J connectivity index is 0.00000312. The molecule has 1 aliphatic carbocycles. The van der Waals surface area contributed by atoms with Crippen LogP contribution >= 0.6 is 24.0 Å². The molecular weight excluding hydrogens is 427 g/mol. The maximum atomic E-state index is 11.9. The molecule has 1 aromatic rings. The molecule has 5 nitrogen and oxygen atoms in total. The summed E-state index contributed by atoms with van der Waals surface area (Å²) in [6, 6.07) is 7.90. The van der Waals surface area contributed by atoms with E-state index in [4.69, 9.17) is 0 Å². The summed E-state index contributed by atoms with van der Waals surface area (Å²) in [5, 5.41) is 9.62. The Kier molecular flexibility index (Phi) is 9.85. The van der Waals surface area contributed by atoms with Crippen molar-refractivity contribution in [3.05, 3.63) is 29.8 Å². The maximum Gasteiger partial charge on any atom is 0.224 e. The molecule has 6 heteroatoms. The van der Waals surface area contributed by atoms with E-state index in [0.717, 1.165) is 36.2 Å². The van der Waals surface area contributed by atoms with Crippen LogP contribution in [-0.4, -0.2) is 25.0 Å². The molecule has 0 aliphatic heterocycles. The number of anilines is 1. The highest BCUT2D eigenvalue weighted by Crippen LogP contribution is 2.27. The van der Waals surface area contributed by atoms with E-state index in [2.05, 4.69) is 27.9 Å². The minimum Gasteiger partial charge on any atom is -0.357 e. The van der Waals surface area contributed by atoms with Crippen LogP contribution in [0.25, 0.3) is 0 Å². The van der Waals surface area contributed by atoms with Crippen LogP contribution in [0.2, 0.25) is 0 Å². The first-order valence-corrected chi connectivity index (χ1v) is 8.97. The molecule has 0 saturated heterocycles. The van der Waals surface area contributed by atoms with Gasteiger partial charge in [0.2, 0.25) is 5.91 Å². The Hall–Kier alpha value is -1.31. The molecule has 1 amide bonds. The van der Waals surface area contributed by atoms with Crippen molar-refractivity contribution in [2.24, 2.45) is 16.8 Å². The second kappa shape index (κ2) is 11.3. The Labute approximate surface area is 168 Å². The molecule has 0 atom stereocenters. The van der Waals surface area contributed by atoms with Gasteiger partial charge in [-0.3, -0.25) is 4.79 Å². The second-order valence-electron chi connectivity index (χ2n) is 6.87. The van der Waals surface area contributed by atoms with Gasteiger partial charge in [-0.2, -0.15) is 0 Å². The minimum atomic E-state index is 0. The number of nitrogens with one attached hydrogen (secondary N) is 3. The number of rotatable bonds is 8. The molecule has 0 unspecified atom stereocenters. The van der Waals surface area contributed by atoms with Crippen LogP contribution in [0, 0.1) is 11.8 Å². The average Bonchev–Trinajstić information content (AvgIpc) is 3.34. The van der Waals surface area contributed by atoms with E-state index in [-0.39, 0.29) is 29.9 Å². The van der Waals surface area contributed by atoms with Crippen molar-refractivity contribution in [3.63, 3.8) is 0 Å². The van der Waals surface area contributed by atoms with Crippen LogP contribution in [0.5, 0.6) is 0 Å².